The van der Waals surface area contributed by atoms with Gasteiger partial charge in [-0.3, -0.25) is 4.99 Å². The van der Waals surface area contributed by atoms with E-state index in [1.165, 1.54) is 0 Å². The van der Waals surface area contributed by atoms with Gasteiger partial charge in [0.1, 0.15) is 5.75 Å². The molecule has 0 saturated heterocycles. The monoisotopic (exact) mass is 303 g/mol. The van der Waals surface area contributed by atoms with Crippen molar-refractivity contribution in [2.24, 2.45) is 4.99 Å². The van der Waals surface area contributed by atoms with Crippen molar-refractivity contribution >= 4 is 5.96 Å². The highest BCUT2D eigenvalue weighted by Crippen LogP contribution is 2.19. The number of hydrogen-bond donors (Lipinski definition) is 3. The van der Waals surface area contributed by atoms with Crippen LogP contribution in [0.2, 0.25) is 0 Å². The maximum absolute atomic E-state index is 10.3. The van der Waals surface area contributed by atoms with E-state index >= 15 is 0 Å². The number of hydrogen-bond acceptors (Lipinski definition) is 3. The van der Waals surface area contributed by atoms with Crippen LogP contribution in [-0.4, -0.2) is 37.3 Å². The fraction of sp³-hybridized carbons (Fsp3) is 0.471. The molecule has 2 rings (SSSR count). The number of ether oxygens (including phenoxy) is 1. The van der Waals surface area contributed by atoms with E-state index in [2.05, 4.69) is 27.8 Å². The van der Waals surface area contributed by atoms with Crippen molar-refractivity contribution in [3.8, 4) is 5.75 Å². The largest absolute Gasteiger partial charge is 0.497 e. The molecule has 5 nitrogen and oxygen atoms in total. The number of benzene rings is 1. The van der Waals surface area contributed by atoms with Gasteiger partial charge in [-0.1, -0.05) is 24.3 Å². The molecule has 0 fully saturated rings. The maximum Gasteiger partial charge on any atom is 0.191 e. The number of rotatable bonds is 6. The summed E-state index contributed by atoms with van der Waals surface area (Å²) in [7, 11) is 1.62. The Morgan fingerprint density at radius 1 is 1.41 bits per heavy atom. The zero-order valence-corrected chi connectivity index (χ0v) is 13.2. The predicted molar refractivity (Wildman–Crippen MR) is 89.2 cm³/mol. The molecule has 1 aliphatic carbocycles. The summed E-state index contributed by atoms with van der Waals surface area (Å²) >= 11 is 0. The number of nitrogens with one attached hydrogen (secondary N) is 2. The van der Waals surface area contributed by atoms with Gasteiger partial charge in [-0.2, -0.15) is 0 Å². The molecule has 3 N–H and O–H groups in total. The Morgan fingerprint density at radius 2 is 2.18 bits per heavy atom. The van der Waals surface area contributed by atoms with Crippen LogP contribution in [0.25, 0.3) is 0 Å². The van der Waals surface area contributed by atoms with E-state index in [9.17, 15) is 5.11 Å². The van der Waals surface area contributed by atoms with Crippen LogP contribution in [0, 0.1) is 0 Å². The summed E-state index contributed by atoms with van der Waals surface area (Å²) in [6.45, 7) is 3.13. The summed E-state index contributed by atoms with van der Waals surface area (Å²) in [4.78, 5) is 4.48. The predicted octanol–water partition coefficient (Wildman–Crippen LogP) is 2.00. The molecule has 1 unspecified atom stereocenters. The Bertz CT molecular complexity index is 520. The second kappa shape index (κ2) is 8.44. The molecular formula is C17H25N3O2. The van der Waals surface area contributed by atoms with Gasteiger partial charge in [-0.25, -0.2) is 0 Å². The highest BCUT2D eigenvalue weighted by atomic mass is 16.5. The van der Waals surface area contributed by atoms with Gasteiger partial charge in [0, 0.05) is 12.6 Å². The van der Waals surface area contributed by atoms with Crippen molar-refractivity contribution in [1.29, 1.82) is 0 Å². The molecule has 22 heavy (non-hydrogen) atoms. The summed E-state index contributed by atoms with van der Waals surface area (Å²) in [5.74, 6) is 1.49. The first-order chi connectivity index (χ1) is 10.7. The quantitative estimate of drug-likeness (QED) is 0.427. The lowest BCUT2D eigenvalue weighted by Gasteiger charge is -2.17. The highest BCUT2D eigenvalue weighted by molar-refractivity contribution is 5.80. The molecule has 120 valence electrons. The Morgan fingerprint density at radius 3 is 2.86 bits per heavy atom. The molecule has 1 aliphatic rings. The minimum atomic E-state index is -0.646. The molecule has 5 heteroatoms. The van der Waals surface area contributed by atoms with Gasteiger partial charge < -0.3 is 20.5 Å². The van der Waals surface area contributed by atoms with Crippen LogP contribution in [0.5, 0.6) is 5.75 Å². The lowest BCUT2D eigenvalue weighted by atomic mass is 10.1. The van der Waals surface area contributed by atoms with E-state index in [0.29, 0.717) is 12.6 Å². The summed E-state index contributed by atoms with van der Waals surface area (Å²) < 4.78 is 5.18. The third-order valence-corrected chi connectivity index (χ3v) is 3.59. The molecule has 1 atom stereocenters. The van der Waals surface area contributed by atoms with Gasteiger partial charge in [0.05, 0.1) is 19.8 Å². The molecule has 1 aromatic rings. The molecule has 0 saturated carbocycles. The Hall–Kier alpha value is -2.01. The van der Waals surface area contributed by atoms with E-state index < -0.39 is 6.10 Å². The molecule has 0 radical (unpaired) electrons. The molecule has 0 bridgehead atoms. The van der Waals surface area contributed by atoms with Crippen LogP contribution in [0.1, 0.15) is 31.4 Å². The molecule has 0 aliphatic heterocycles. The SMILES string of the molecule is CCNC(=NCC(O)c1cccc(OC)c1)NC1CC=CC1. The molecular weight excluding hydrogens is 278 g/mol. The third-order valence-electron chi connectivity index (χ3n) is 3.59. The molecule has 0 aromatic heterocycles. The highest BCUT2D eigenvalue weighted by Gasteiger charge is 2.13. The molecule has 0 spiro atoms. The van der Waals surface area contributed by atoms with E-state index in [1.54, 1.807) is 7.11 Å². The van der Waals surface area contributed by atoms with Crippen molar-refractivity contribution in [2.45, 2.75) is 31.9 Å². The smallest absolute Gasteiger partial charge is 0.191 e. The van der Waals surface area contributed by atoms with Gasteiger partial charge in [-0.15, -0.1) is 0 Å². The van der Waals surface area contributed by atoms with Crippen LogP contribution in [-0.2, 0) is 0 Å². The summed E-state index contributed by atoms with van der Waals surface area (Å²) in [6.07, 6.45) is 5.73. The van der Waals surface area contributed by atoms with Crippen molar-refractivity contribution < 1.29 is 9.84 Å². The van der Waals surface area contributed by atoms with Gasteiger partial charge in [0.2, 0.25) is 0 Å². The second-order valence-corrected chi connectivity index (χ2v) is 5.30. The summed E-state index contributed by atoms with van der Waals surface area (Å²) in [5, 5.41) is 16.9. The van der Waals surface area contributed by atoms with E-state index in [4.69, 9.17) is 4.74 Å². The van der Waals surface area contributed by atoms with Gasteiger partial charge in [0.15, 0.2) is 5.96 Å². The second-order valence-electron chi connectivity index (χ2n) is 5.30. The fourth-order valence-electron chi connectivity index (χ4n) is 2.38. The zero-order chi connectivity index (χ0) is 15.8. The van der Waals surface area contributed by atoms with Crippen LogP contribution >= 0.6 is 0 Å². The minimum Gasteiger partial charge on any atom is -0.497 e. The van der Waals surface area contributed by atoms with E-state index in [1.807, 2.05) is 31.2 Å². The number of aliphatic imine (C=N–C) groups is 1. The van der Waals surface area contributed by atoms with Crippen LogP contribution in [0.15, 0.2) is 41.4 Å². The molecule has 1 aromatic carbocycles. The van der Waals surface area contributed by atoms with Crippen LogP contribution in [0.3, 0.4) is 0 Å². The first kappa shape index (κ1) is 16.4. The van der Waals surface area contributed by atoms with Crippen molar-refractivity contribution in [3.05, 3.63) is 42.0 Å². The van der Waals surface area contributed by atoms with Crippen molar-refractivity contribution in [1.82, 2.24) is 10.6 Å². The number of methoxy groups -OCH3 is 1. The Balaban J connectivity index is 1.95. The first-order valence-electron chi connectivity index (χ1n) is 7.74. The summed E-state index contributed by atoms with van der Waals surface area (Å²) in [6, 6.07) is 7.84. The number of aliphatic hydroxyl groups excluding tert-OH is 1. The van der Waals surface area contributed by atoms with Crippen molar-refractivity contribution in [3.63, 3.8) is 0 Å². The maximum atomic E-state index is 10.3. The van der Waals surface area contributed by atoms with Crippen LogP contribution in [0.4, 0.5) is 0 Å². The topological polar surface area (TPSA) is 65.9 Å². The number of aliphatic hydroxyl groups is 1. The Kier molecular flexibility index (Phi) is 6.27. The lowest BCUT2D eigenvalue weighted by molar-refractivity contribution is 0.186. The lowest BCUT2D eigenvalue weighted by Crippen LogP contribution is -2.42. The average Bonchev–Trinajstić information content (AvgIpc) is 3.05. The average molecular weight is 303 g/mol. The van der Waals surface area contributed by atoms with E-state index in [0.717, 1.165) is 36.7 Å². The minimum absolute atomic E-state index is 0.308. The normalized spacial score (nSPS) is 16.6. The standard InChI is InChI=1S/C17H25N3O2/c1-3-18-17(20-14-8-4-5-9-14)19-12-16(21)13-7-6-10-15(11-13)22-2/h4-7,10-11,14,16,21H,3,8-9,12H2,1-2H3,(H2,18,19,20). The number of guanidine groups is 1. The van der Waals surface area contributed by atoms with Gasteiger partial charge in [-0.05, 0) is 37.5 Å². The van der Waals surface area contributed by atoms with Gasteiger partial charge >= 0.3 is 0 Å². The zero-order valence-electron chi connectivity index (χ0n) is 13.2. The number of nitrogens with zero attached hydrogens (tertiary/aromatic N) is 1. The van der Waals surface area contributed by atoms with Crippen LogP contribution < -0.4 is 15.4 Å². The fourth-order valence-corrected chi connectivity index (χ4v) is 2.38. The Labute approximate surface area is 132 Å². The first-order valence-corrected chi connectivity index (χ1v) is 7.74. The summed E-state index contributed by atoms with van der Waals surface area (Å²) in [5.41, 5.74) is 0.807. The van der Waals surface area contributed by atoms with E-state index in [-0.39, 0.29) is 0 Å². The van der Waals surface area contributed by atoms with Gasteiger partial charge in [0.25, 0.3) is 0 Å². The third kappa shape index (κ3) is 4.77. The van der Waals surface area contributed by atoms with Crippen molar-refractivity contribution in [2.75, 3.05) is 20.2 Å². The molecule has 0 amide bonds. The molecule has 0 heterocycles.